The fraction of sp³-hybridized carbons (Fsp3) is 0.533. The topological polar surface area (TPSA) is 43.1 Å². The van der Waals surface area contributed by atoms with Gasteiger partial charge in [-0.15, -0.1) is 0 Å². The quantitative estimate of drug-likeness (QED) is 0.833. The molecule has 0 aromatic heterocycles. The van der Waals surface area contributed by atoms with Crippen molar-refractivity contribution in [1.82, 2.24) is 0 Å². The Morgan fingerprint density at radius 2 is 2.06 bits per heavy atom. The lowest BCUT2D eigenvalue weighted by Gasteiger charge is -2.40. The highest BCUT2D eigenvalue weighted by molar-refractivity contribution is 5.98. The maximum Gasteiger partial charge on any atom is 0.166 e. The second-order valence-corrected chi connectivity index (χ2v) is 5.60. The van der Waals surface area contributed by atoms with Crippen molar-refractivity contribution in [3.8, 4) is 0 Å². The highest BCUT2D eigenvalue weighted by Gasteiger charge is 2.38. The van der Waals surface area contributed by atoms with E-state index < -0.39 is 5.82 Å². The van der Waals surface area contributed by atoms with Gasteiger partial charge in [0, 0.05) is 6.42 Å². The van der Waals surface area contributed by atoms with Crippen molar-refractivity contribution in [1.29, 1.82) is 0 Å². The molecule has 0 amide bonds. The van der Waals surface area contributed by atoms with E-state index >= 15 is 0 Å². The van der Waals surface area contributed by atoms with Crippen LogP contribution in [0.1, 0.15) is 47.2 Å². The number of hydrogen-bond acceptors (Lipinski definition) is 2. The minimum absolute atomic E-state index is 0.0686. The molecular weight excluding hydrogens is 229 g/mol. The molecule has 0 radical (unpaired) electrons. The van der Waals surface area contributed by atoms with Crippen LogP contribution in [-0.4, -0.2) is 12.3 Å². The first kappa shape index (κ1) is 13.2. The van der Waals surface area contributed by atoms with Gasteiger partial charge in [0.05, 0.1) is 5.56 Å². The molecule has 0 aliphatic heterocycles. The van der Waals surface area contributed by atoms with Crippen LogP contribution in [0.15, 0.2) is 12.1 Å². The van der Waals surface area contributed by atoms with Crippen molar-refractivity contribution in [2.45, 2.75) is 39.5 Å². The standard InChI is InChI=1S/C15H20FNO/c1-10-6-11(2)14(12(16)7-10)13(18)8-15(9-17)4-3-5-15/h6-7H,3-5,8-9,17H2,1-2H3. The van der Waals surface area contributed by atoms with Crippen LogP contribution in [0.25, 0.3) is 0 Å². The van der Waals surface area contributed by atoms with Gasteiger partial charge < -0.3 is 5.73 Å². The number of carbonyl (C=O) groups is 1. The summed E-state index contributed by atoms with van der Waals surface area (Å²) in [5.41, 5.74) is 7.50. The molecule has 1 aliphatic rings. The summed E-state index contributed by atoms with van der Waals surface area (Å²) >= 11 is 0. The molecule has 0 unspecified atom stereocenters. The molecule has 0 spiro atoms. The Bertz CT molecular complexity index is 449. The number of halogens is 1. The molecule has 0 atom stereocenters. The summed E-state index contributed by atoms with van der Waals surface area (Å²) in [6.45, 7) is 4.14. The lowest BCUT2D eigenvalue weighted by atomic mass is 9.65. The summed E-state index contributed by atoms with van der Waals surface area (Å²) in [5, 5.41) is 0. The number of rotatable bonds is 4. The van der Waals surface area contributed by atoms with Crippen molar-refractivity contribution in [3.05, 3.63) is 34.6 Å². The molecule has 98 valence electrons. The predicted octanol–water partition coefficient (Wildman–Crippen LogP) is 3.14. The first-order valence-electron chi connectivity index (χ1n) is 6.47. The third-order valence-electron chi connectivity index (χ3n) is 4.09. The zero-order valence-corrected chi connectivity index (χ0v) is 11.1. The number of hydrogen-bond donors (Lipinski definition) is 1. The Morgan fingerprint density at radius 3 is 2.50 bits per heavy atom. The summed E-state index contributed by atoms with van der Waals surface area (Å²) in [6.07, 6.45) is 3.48. The van der Waals surface area contributed by atoms with Crippen molar-refractivity contribution in [2.75, 3.05) is 6.54 Å². The van der Waals surface area contributed by atoms with Gasteiger partial charge in [-0.25, -0.2) is 4.39 Å². The van der Waals surface area contributed by atoms with Crippen LogP contribution < -0.4 is 5.73 Å². The smallest absolute Gasteiger partial charge is 0.166 e. The average molecular weight is 249 g/mol. The monoisotopic (exact) mass is 249 g/mol. The summed E-state index contributed by atoms with van der Waals surface area (Å²) in [7, 11) is 0. The Hall–Kier alpha value is -1.22. The van der Waals surface area contributed by atoms with Crippen molar-refractivity contribution in [3.63, 3.8) is 0 Å². The van der Waals surface area contributed by atoms with E-state index in [4.69, 9.17) is 5.73 Å². The van der Waals surface area contributed by atoms with E-state index in [0.717, 1.165) is 30.4 Å². The van der Waals surface area contributed by atoms with Crippen molar-refractivity contribution in [2.24, 2.45) is 11.1 Å². The molecule has 3 heteroatoms. The highest BCUT2D eigenvalue weighted by atomic mass is 19.1. The first-order valence-corrected chi connectivity index (χ1v) is 6.47. The zero-order chi connectivity index (χ0) is 13.3. The molecule has 1 fully saturated rings. The Labute approximate surface area is 107 Å². The molecule has 0 heterocycles. The van der Waals surface area contributed by atoms with Gasteiger partial charge >= 0.3 is 0 Å². The predicted molar refractivity (Wildman–Crippen MR) is 70.2 cm³/mol. The maximum absolute atomic E-state index is 13.9. The van der Waals surface area contributed by atoms with Crippen LogP contribution in [0.3, 0.4) is 0 Å². The number of carbonyl (C=O) groups excluding carboxylic acids is 1. The molecular formula is C15H20FNO. The Morgan fingerprint density at radius 1 is 1.39 bits per heavy atom. The first-order chi connectivity index (χ1) is 8.47. The SMILES string of the molecule is Cc1cc(C)c(C(=O)CC2(CN)CCC2)c(F)c1. The van der Waals surface area contributed by atoms with Gasteiger partial charge in [0.25, 0.3) is 0 Å². The number of benzene rings is 1. The second-order valence-electron chi connectivity index (χ2n) is 5.60. The van der Waals surface area contributed by atoms with Crippen LogP contribution in [0.2, 0.25) is 0 Å². The molecule has 1 aromatic rings. The van der Waals surface area contributed by atoms with E-state index in [1.807, 2.05) is 13.0 Å². The highest BCUT2D eigenvalue weighted by Crippen LogP contribution is 2.43. The molecule has 0 saturated heterocycles. The largest absolute Gasteiger partial charge is 0.330 e. The number of nitrogens with two attached hydrogens (primary N) is 1. The summed E-state index contributed by atoms with van der Waals surface area (Å²) < 4.78 is 13.9. The minimum atomic E-state index is -0.399. The van der Waals surface area contributed by atoms with E-state index in [1.165, 1.54) is 6.07 Å². The van der Waals surface area contributed by atoms with Gasteiger partial charge in [-0.05, 0) is 55.8 Å². The van der Waals surface area contributed by atoms with E-state index in [9.17, 15) is 9.18 Å². The lowest BCUT2D eigenvalue weighted by molar-refractivity contribution is 0.0781. The van der Waals surface area contributed by atoms with Gasteiger partial charge in [0.15, 0.2) is 5.78 Å². The molecule has 1 aromatic carbocycles. The molecule has 2 rings (SSSR count). The third kappa shape index (κ3) is 2.32. The van der Waals surface area contributed by atoms with Gasteiger partial charge in [-0.1, -0.05) is 12.5 Å². The summed E-state index contributed by atoms with van der Waals surface area (Å²) in [5.74, 6) is -0.501. The number of ketones is 1. The third-order valence-corrected chi connectivity index (χ3v) is 4.09. The number of Topliss-reactive ketones (excluding diaryl/α,β-unsaturated/α-hetero) is 1. The minimum Gasteiger partial charge on any atom is -0.330 e. The normalized spacial score (nSPS) is 17.3. The van der Waals surface area contributed by atoms with Crippen molar-refractivity contribution >= 4 is 5.78 Å². The lowest BCUT2D eigenvalue weighted by Crippen LogP contribution is -2.39. The van der Waals surface area contributed by atoms with Crippen molar-refractivity contribution < 1.29 is 9.18 Å². The van der Waals surface area contributed by atoms with Crippen LogP contribution in [0.4, 0.5) is 4.39 Å². The van der Waals surface area contributed by atoms with Gasteiger partial charge in [0.1, 0.15) is 5.82 Å². The fourth-order valence-corrected chi connectivity index (χ4v) is 2.83. The summed E-state index contributed by atoms with van der Waals surface area (Å²) in [4.78, 5) is 12.3. The van der Waals surface area contributed by atoms with E-state index in [0.29, 0.717) is 13.0 Å². The molecule has 0 bridgehead atoms. The zero-order valence-electron chi connectivity index (χ0n) is 11.1. The second kappa shape index (κ2) is 4.81. The van der Waals surface area contributed by atoms with E-state index in [1.54, 1.807) is 6.92 Å². The van der Waals surface area contributed by atoms with Crippen LogP contribution >= 0.6 is 0 Å². The van der Waals surface area contributed by atoms with Gasteiger partial charge in [-0.3, -0.25) is 4.79 Å². The summed E-state index contributed by atoms with van der Waals surface area (Å²) in [6, 6.07) is 3.28. The fourth-order valence-electron chi connectivity index (χ4n) is 2.83. The maximum atomic E-state index is 13.9. The Balaban J connectivity index is 2.24. The van der Waals surface area contributed by atoms with Crippen LogP contribution in [-0.2, 0) is 0 Å². The molecule has 18 heavy (non-hydrogen) atoms. The van der Waals surface area contributed by atoms with E-state index in [2.05, 4.69) is 0 Å². The molecule has 2 nitrogen and oxygen atoms in total. The molecule has 1 aliphatic carbocycles. The Kier molecular flexibility index (Phi) is 3.53. The van der Waals surface area contributed by atoms with Crippen LogP contribution in [0.5, 0.6) is 0 Å². The number of aryl methyl sites for hydroxylation is 2. The molecule has 2 N–H and O–H groups in total. The van der Waals surface area contributed by atoms with Crippen LogP contribution in [0, 0.1) is 25.1 Å². The van der Waals surface area contributed by atoms with Gasteiger partial charge in [-0.2, -0.15) is 0 Å². The van der Waals surface area contributed by atoms with E-state index in [-0.39, 0.29) is 16.8 Å². The average Bonchev–Trinajstić information content (AvgIpc) is 2.21. The van der Waals surface area contributed by atoms with Gasteiger partial charge in [0.2, 0.25) is 0 Å². The molecule has 1 saturated carbocycles.